The highest BCUT2D eigenvalue weighted by atomic mass is 15.3. The van der Waals surface area contributed by atoms with Gasteiger partial charge in [0.15, 0.2) is 0 Å². The van der Waals surface area contributed by atoms with Gasteiger partial charge in [0.2, 0.25) is 0 Å². The molecule has 0 saturated heterocycles. The van der Waals surface area contributed by atoms with Crippen LogP contribution >= 0.6 is 0 Å². The Labute approximate surface area is 104 Å². The Morgan fingerprint density at radius 3 is 3.17 bits per heavy atom. The van der Waals surface area contributed by atoms with Crippen molar-refractivity contribution in [3.63, 3.8) is 0 Å². The number of aromatic amines is 1. The van der Waals surface area contributed by atoms with Crippen molar-refractivity contribution in [3.05, 3.63) is 42.2 Å². The minimum atomic E-state index is 0.698. The standard InChI is InChI=1S/C12H14N6/c1-18-8-16-17-11(18)7-13-5-9-6-15-12-10(9)3-2-4-14-12/h2-4,6,8,13H,5,7H2,1H3,(H,14,15). The number of fused-ring (bicyclic) bond motifs is 1. The molecule has 6 nitrogen and oxygen atoms in total. The molecule has 18 heavy (non-hydrogen) atoms. The van der Waals surface area contributed by atoms with Gasteiger partial charge in [-0.2, -0.15) is 0 Å². The molecule has 3 aromatic heterocycles. The van der Waals surface area contributed by atoms with Crippen molar-refractivity contribution in [1.29, 1.82) is 0 Å². The van der Waals surface area contributed by atoms with Crippen LogP contribution in [0.3, 0.4) is 0 Å². The third-order valence-corrected chi connectivity index (χ3v) is 2.94. The van der Waals surface area contributed by atoms with Gasteiger partial charge < -0.3 is 14.9 Å². The largest absolute Gasteiger partial charge is 0.346 e. The fraction of sp³-hybridized carbons (Fsp3) is 0.250. The number of hydrogen-bond donors (Lipinski definition) is 2. The van der Waals surface area contributed by atoms with E-state index in [-0.39, 0.29) is 0 Å². The van der Waals surface area contributed by atoms with Crippen molar-refractivity contribution in [2.24, 2.45) is 7.05 Å². The number of aryl methyl sites for hydroxylation is 1. The van der Waals surface area contributed by atoms with Gasteiger partial charge in [-0.25, -0.2) is 4.98 Å². The van der Waals surface area contributed by atoms with Gasteiger partial charge in [0, 0.05) is 31.4 Å². The summed E-state index contributed by atoms with van der Waals surface area (Å²) in [5, 5.41) is 12.4. The SMILES string of the molecule is Cn1cnnc1CNCc1c[nH]c2ncccc12. The van der Waals surface area contributed by atoms with E-state index in [2.05, 4.69) is 31.5 Å². The van der Waals surface area contributed by atoms with Gasteiger partial charge >= 0.3 is 0 Å². The summed E-state index contributed by atoms with van der Waals surface area (Å²) in [6.07, 6.45) is 5.48. The first-order chi connectivity index (χ1) is 8.84. The lowest BCUT2D eigenvalue weighted by Crippen LogP contribution is -2.15. The Hall–Kier alpha value is -2.21. The minimum absolute atomic E-state index is 0.698. The highest BCUT2D eigenvalue weighted by molar-refractivity contribution is 5.79. The first-order valence-electron chi connectivity index (χ1n) is 5.79. The van der Waals surface area contributed by atoms with Gasteiger partial charge in [0.1, 0.15) is 17.8 Å². The van der Waals surface area contributed by atoms with Gasteiger partial charge in [0.05, 0.1) is 6.54 Å². The van der Waals surface area contributed by atoms with Crippen LogP contribution in [0, 0.1) is 0 Å². The highest BCUT2D eigenvalue weighted by Gasteiger charge is 2.04. The molecule has 0 aromatic carbocycles. The Kier molecular flexibility index (Phi) is 2.77. The van der Waals surface area contributed by atoms with Gasteiger partial charge in [-0.15, -0.1) is 10.2 Å². The summed E-state index contributed by atoms with van der Waals surface area (Å²) in [7, 11) is 1.94. The molecule has 0 aliphatic carbocycles. The molecule has 0 amide bonds. The number of nitrogens with one attached hydrogen (secondary N) is 2. The molecule has 3 heterocycles. The summed E-state index contributed by atoms with van der Waals surface area (Å²) in [4.78, 5) is 7.42. The zero-order valence-electron chi connectivity index (χ0n) is 10.1. The molecule has 0 atom stereocenters. The van der Waals surface area contributed by atoms with E-state index in [0.29, 0.717) is 6.54 Å². The highest BCUT2D eigenvalue weighted by Crippen LogP contribution is 2.15. The van der Waals surface area contributed by atoms with E-state index in [1.165, 1.54) is 5.56 Å². The van der Waals surface area contributed by atoms with E-state index in [0.717, 1.165) is 23.4 Å². The summed E-state index contributed by atoms with van der Waals surface area (Å²) in [6.45, 7) is 1.47. The second-order valence-electron chi connectivity index (χ2n) is 4.18. The second kappa shape index (κ2) is 4.58. The number of hydrogen-bond acceptors (Lipinski definition) is 4. The fourth-order valence-corrected chi connectivity index (χ4v) is 1.94. The Bertz CT molecular complexity index is 653. The summed E-state index contributed by atoms with van der Waals surface area (Å²) in [6, 6.07) is 4.01. The van der Waals surface area contributed by atoms with Crippen molar-refractivity contribution >= 4 is 11.0 Å². The maximum Gasteiger partial charge on any atom is 0.146 e. The van der Waals surface area contributed by atoms with Crippen LogP contribution in [-0.2, 0) is 20.1 Å². The van der Waals surface area contributed by atoms with Crippen LogP contribution in [0.4, 0.5) is 0 Å². The number of aromatic nitrogens is 5. The third kappa shape index (κ3) is 1.98. The molecule has 92 valence electrons. The maximum atomic E-state index is 4.26. The molecule has 0 bridgehead atoms. The molecule has 6 heteroatoms. The monoisotopic (exact) mass is 242 g/mol. The summed E-state index contributed by atoms with van der Waals surface area (Å²) >= 11 is 0. The zero-order valence-corrected chi connectivity index (χ0v) is 10.1. The topological polar surface area (TPSA) is 71.4 Å². The smallest absolute Gasteiger partial charge is 0.146 e. The number of rotatable bonds is 4. The van der Waals surface area contributed by atoms with Crippen LogP contribution in [0.5, 0.6) is 0 Å². The predicted molar refractivity (Wildman–Crippen MR) is 67.6 cm³/mol. The predicted octanol–water partition coefficient (Wildman–Crippen LogP) is 0.981. The van der Waals surface area contributed by atoms with Crippen LogP contribution in [-0.4, -0.2) is 24.7 Å². The first-order valence-corrected chi connectivity index (χ1v) is 5.79. The van der Waals surface area contributed by atoms with E-state index in [1.807, 2.05) is 23.9 Å². The Morgan fingerprint density at radius 2 is 2.33 bits per heavy atom. The normalized spacial score (nSPS) is 11.2. The molecule has 0 aliphatic rings. The van der Waals surface area contributed by atoms with Crippen molar-refractivity contribution in [2.45, 2.75) is 13.1 Å². The van der Waals surface area contributed by atoms with Gasteiger partial charge in [-0.05, 0) is 17.7 Å². The lowest BCUT2D eigenvalue weighted by molar-refractivity contribution is 0.639. The number of H-pyrrole nitrogens is 1. The second-order valence-corrected chi connectivity index (χ2v) is 4.18. The van der Waals surface area contributed by atoms with E-state index >= 15 is 0 Å². The zero-order chi connectivity index (χ0) is 12.4. The minimum Gasteiger partial charge on any atom is -0.346 e. The molecular formula is C12H14N6. The number of nitrogens with zero attached hydrogens (tertiary/aromatic N) is 4. The first kappa shape index (κ1) is 10.9. The molecule has 3 aromatic rings. The van der Waals surface area contributed by atoms with Gasteiger partial charge in [-0.1, -0.05) is 0 Å². The van der Waals surface area contributed by atoms with Gasteiger partial charge in [-0.3, -0.25) is 0 Å². The summed E-state index contributed by atoms with van der Waals surface area (Å²) < 4.78 is 1.91. The van der Waals surface area contributed by atoms with E-state index in [4.69, 9.17) is 0 Å². The van der Waals surface area contributed by atoms with Crippen LogP contribution < -0.4 is 5.32 Å². The molecule has 0 saturated carbocycles. The average Bonchev–Trinajstić information content (AvgIpc) is 2.97. The van der Waals surface area contributed by atoms with Crippen molar-refractivity contribution < 1.29 is 0 Å². The van der Waals surface area contributed by atoms with Crippen LogP contribution in [0.15, 0.2) is 30.9 Å². The molecule has 0 spiro atoms. The molecule has 0 radical (unpaired) electrons. The van der Waals surface area contributed by atoms with E-state index < -0.39 is 0 Å². The van der Waals surface area contributed by atoms with Crippen LogP contribution in [0.1, 0.15) is 11.4 Å². The van der Waals surface area contributed by atoms with Gasteiger partial charge in [0.25, 0.3) is 0 Å². The maximum absolute atomic E-state index is 4.26. The van der Waals surface area contributed by atoms with Crippen molar-refractivity contribution in [1.82, 2.24) is 30.0 Å². The fourth-order valence-electron chi connectivity index (χ4n) is 1.94. The average molecular weight is 242 g/mol. The quantitative estimate of drug-likeness (QED) is 0.715. The summed E-state index contributed by atoms with van der Waals surface area (Å²) in [5.74, 6) is 0.924. The lowest BCUT2D eigenvalue weighted by atomic mass is 10.2. The third-order valence-electron chi connectivity index (χ3n) is 2.94. The molecule has 0 aliphatic heterocycles. The molecule has 3 rings (SSSR count). The van der Waals surface area contributed by atoms with E-state index in [1.54, 1.807) is 12.5 Å². The Balaban J connectivity index is 1.68. The molecule has 2 N–H and O–H groups in total. The lowest BCUT2D eigenvalue weighted by Gasteiger charge is -2.03. The van der Waals surface area contributed by atoms with E-state index in [9.17, 15) is 0 Å². The molecule has 0 unspecified atom stereocenters. The Morgan fingerprint density at radius 1 is 1.39 bits per heavy atom. The molecular weight excluding hydrogens is 228 g/mol. The van der Waals surface area contributed by atoms with Crippen molar-refractivity contribution in [2.75, 3.05) is 0 Å². The van der Waals surface area contributed by atoms with Crippen LogP contribution in [0.25, 0.3) is 11.0 Å². The molecule has 0 fully saturated rings. The van der Waals surface area contributed by atoms with Crippen molar-refractivity contribution in [3.8, 4) is 0 Å². The summed E-state index contributed by atoms with van der Waals surface area (Å²) in [5.41, 5.74) is 2.13. The van der Waals surface area contributed by atoms with Crippen LogP contribution in [0.2, 0.25) is 0 Å². The number of pyridine rings is 1.